The van der Waals surface area contributed by atoms with Gasteiger partial charge >= 0.3 is 6.09 Å². The molecule has 1 amide bonds. The molecule has 2 aromatic heterocycles. The number of carbonyl (C=O) groups excluding carboxylic acids is 1. The van der Waals surface area contributed by atoms with Crippen LogP contribution in [0.1, 0.15) is 64.1 Å². The third kappa shape index (κ3) is 4.45. The maximum absolute atomic E-state index is 12.1. The van der Waals surface area contributed by atoms with E-state index in [0.29, 0.717) is 22.7 Å². The lowest BCUT2D eigenvalue weighted by Crippen LogP contribution is -2.35. The first kappa shape index (κ1) is 17.6. The standard InChI is InChI=1S/C16H21ClN6O2/c1-9(20-15(24)25-16(2,3)4)14-21-13(10-5-6-10)22-23(14)12-8-18-11(17)7-19-12/h7-10H,5-6H2,1-4H3,(H,20,24). The molecule has 0 aliphatic heterocycles. The minimum Gasteiger partial charge on any atom is -0.444 e. The van der Waals surface area contributed by atoms with E-state index in [2.05, 4.69) is 25.4 Å². The number of nitrogens with one attached hydrogen (secondary N) is 1. The molecule has 9 heteroatoms. The largest absolute Gasteiger partial charge is 0.444 e. The molecular formula is C16H21ClN6O2. The first-order chi connectivity index (χ1) is 11.7. The normalized spacial score (nSPS) is 15.7. The maximum Gasteiger partial charge on any atom is 0.408 e. The van der Waals surface area contributed by atoms with Crippen molar-refractivity contribution in [3.8, 4) is 5.82 Å². The molecule has 134 valence electrons. The lowest BCUT2D eigenvalue weighted by atomic mass is 10.2. The molecule has 3 rings (SSSR count). The van der Waals surface area contributed by atoms with Gasteiger partial charge < -0.3 is 10.1 Å². The van der Waals surface area contributed by atoms with Crippen molar-refractivity contribution in [1.29, 1.82) is 0 Å². The molecule has 8 nitrogen and oxygen atoms in total. The average Bonchev–Trinajstić information content (AvgIpc) is 3.25. The van der Waals surface area contributed by atoms with Gasteiger partial charge in [0.1, 0.15) is 10.8 Å². The Morgan fingerprint density at radius 3 is 2.64 bits per heavy atom. The van der Waals surface area contributed by atoms with Crippen molar-refractivity contribution in [3.63, 3.8) is 0 Å². The van der Waals surface area contributed by atoms with Gasteiger partial charge in [-0.2, -0.15) is 4.68 Å². The van der Waals surface area contributed by atoms with E-state index in [1.165, 1.54) is 12.4 Å². The van der Waals surface area contributed by atoms with Crippen molar-refractivity contribution in [2.45, 2.75) is 58.1 Å². The summed E-state index contributed by atoms with van der Waals surface area (Å²) in [6.45, 7) is 7.27. The monoisotopic (exact) mass is 364 g/mol. The highest BCUT2D eigenvalue weighted by Crippen LogP contribution is 2.38. The molecule has 1 aliphatic carbocycles. The summed E-state index contributed by atoms with van der Waals surface area (Å²) in [7, 11) is 0. The number of rotatable bonds is 4. The van der Waals surface area contributed by atoms with Crippen LogP contribution in [0.15, 0.2) is 12.4 Å². The number of nitrogens with zero attached hydrogens (tertiary/aromatic N) is 5. The molecule has 0 saturated heterocycles. The molecule has 0 bridgehead atoms. The highest BCUT2D eigenvalue weighted by molar-refractivity contribution is 6.29. The summed E-state index contributed by atoms with van der Waals surface area (Å²) in [5.74, 6) is 2.19. The van der Waals surface area contributed by atoms with Gasteiger partial charge in [0.2, 0.25) is 0 Å². The molecule has 1 fully saturated rings. The average molecular weight is 365 g/mol. The second kappa shape index (κ2) is 6.59. The van der Waals surface area contributed by atoms with Gasteiger partial charge in [-0.05, 0) is 40.5 Å². The van der Waals surface area contributed by atoms with Gasteiger partial charge in [0.15, 0.2) is 17.5 Å². The van der Waals surface area contributed by atoms with E-state index in [1.807, 2.05) is 27.7 Å². The highest BCUT2D eigenvalue weighted by atomic mass is 35.5. The minimum absolute atomic E-state index is 0.299. The van der Waals surface area contributed by atoms with Crippen LogP contribution in [0, 0.1) is 0 Å². The Balaban J connectivity index is 1.86. The summed E-state index contributed by atoms with van der Waals surface area (Å²) in [5, 5.41) is 7.63. The second-order valence-corrected chi connectivity index (χ2v) is 7.47. The van der Waals surface area contributed by atoms with Crippen molar-refractivity contribution >= 4 is 17.7 Å². The summed E-state index contributed by atoms with van der Waals surface area (Å²) < 4.78 is 6.90. The van der Waals surface area contributed by atoms with Crippen molar-refractivity contribution in [3.05, 3.63) is 29.2 Å². The van der Waals surface area contributed by atoms with Crippen molar-refractivity contribution in [2.24, 2.45) is 0 Å². The third-order valence-corrected chi connectivity index (χ3v) is 3.73. The van der Waals surface area contributed by atoms with Gasteiger partial charge in [0.05, 0.1) is 18.4 Å². The van der Waals surface area contributed by atoms with Crippen LogP contribution in [0.2, 0.25) is 5.15 Å². The van der Waals surface area contributed by atoms with Crippen LogP contribution in [0.3, 0.4) is 0 Å². The lowest BCUT2D eigenvalue weighted by Gasteiger charge is -2.21. The van der Waals surface area contributed by atoms with Gasteiger partial charge in [-0.25, -0.2) is 19.7 Å². The molecule has 1 N–H and O–H groups in total. The Morgan fingerprint density at radius 2 is 2.08 bits per heavy atom. The molecule has 1 unspecified atom stereocenters. The molecule has 0 aromatic carbocycles. The highest BCUT2D eigenvalue weighted by Gasteiger charge is 2.31. The second-order valence-electron chi connectivity index (χ2n) is 7.08. The molecule has 25 heavy (non-hydrogen) atoms. The zero-order chi connectivity index (χ0) is 18.2. The fourth-order valence-electron chi connectivity index (χ4n) is 2.27. The van der Waals surface area contributed by atoms with Gasteiger partial charge in [-0.3, -0.25) is 0 Å². The number of aromatic nitrogens is 5. The molecule has 0 spiro atoms. The van der Waals surface area contributed by atoms with Crippen LogP contribution < -0.4 is 5.32 Å². The number of alkyl carbamates (subject to hydrolysis) is 1. The first-order valence-corrected chi connectivity index (χ1v) is 8.55. The Labute approximate surface area is 151 Å². The SMILES string of the molecule is CC(NC(=O)OC(C)(C)C)c1nc(C2CC2)nn1-c1cnc(Cl)cn1. The van der Waals surface area contributed by atoms with Crippen LogP contribution in [0.25, 0.3) is 5.82 Å². The van der Waals surface area contributed by atoms with Crippen LogP contribution >= 0.6 is 11.6 Å². The van der Waals surface area contributed by atoms with E-state index in [9.17, 15) is 4.79 Å². The van der Waals surface area contributed by atoms with E-state index in [-0.39, 0.29) is 0 Å². The molecule has 1 saturated carbocycles. The number of ether oxygens (including phenoxy) is 1. The molecule has 1 aliphatic rings. The van der Waals surface area contributed by atoms with Crippen LogP contribution in [-0.4, -0.2) is 36.4 Å². The van der Waals surface area contributed by atoms with Crippen LogP contribution in [-0.2, 0) is 4.74 Å². The number of hydrogen-bond donors (Lipinski definition) is 1. The summed E-state index contributed by atoms with van der Waals surface area (Å²) in [5.41, 5.74) is -0.571. The van der Waals surface area contributed by atoms with Crippen molar-refractivity contribution < 1.29 is 9.53 Å². The van der Waals surface area contributed by atoms with E-state index in [0.717, 1.165) is 18.7 Å². The van der Waals surface area contributed by atoms with Crippen molar-refractivity contribution in [2.75, 3.05) is 0 Å². The topological polar surface area (TPSA) is 94.8 Å². The van der Waals surface area contributed by atoms with Gasteiger partial charge in [0.25, 0.3) is 0 Å². The molecule has 2 aromatic rings. The van der Waals surface area contributed by atoms with Crippen LogP contribution in [0.5, 0.6) is 0 Å². The molecule has 1 atom stereocenters. The van der Waals surface area contributed by atoms with Gasteiger partial charge in [-0.15, -0.1) is 5.10 Å². The minimum atomic E-state index is -0.571. The molecule has 2 heterocycles. The Hall–Kier alpha value is -2.22. The van der Waals surface area contributed by atoms with E-state index >= 15 is 0 Å². The van der Waals surface area contributed by atoms with E-state index < -0.39 is 17.7 Å². The Kier molecular flexibility index (Phi) is 4.64. The maximum atomic E-state index is 12.1. The van der Waals surface area contributed by atoms with Crippen LogP contribution in [0.4, 0.5) is 4.79 Å². The molecular weight excluding hydrogens is 344 g/mol. The summed E-state index contributed by atoms with van der Waals surface area (Å²) in [6.07, 6.45) is 4.61. The lowest BCUT2D eigenvalue weighted by molar-refractivity contribution is 0.0505. The fraction of sp³-hybridized carbons (Fsp3) is 0.562. The number of halogens is 1. The first-order valence-electron chi connectivity index (χ1n) is 8.17. The number of carbonyl (C=O) groups is 1. The van der Waals surface area contributed by atoms with Crippen molar-refractivity contribution in [1.82, 2.24) is 30.0 Å². The smallest absolute Gasteiger partial charge is 0.408 e. The number of amides is 1. The molecule has 0 radical (unpaired) electrons. The number of hydrogen-bond acceptors (Lipinski definition) is 6. The Bertz CT molecular complexity index is 764. The van der Waals surface area contributed by atoms with E-state index in [4.69, 9.17) is 16.3 Å². The van der Waals surface area contributed by atoms with Gasteiger partial charge in [-0.1, -0.05) is 11.6 Å². The van der Waals surface area contributed by atoms with Gasteiger partial charge in [0, 0.05) is 5.92 Å². The summed E-state index contributed by atoms with van der Waals surface area (Å²) in [4.78, 5) is 24.9. The fourth-order valence-corrected chi connectivity index (χ4v) is 2.37. The van der Waals surface area contributed by atoms with E-state index in [1.54, 1.807) is 4.68 Å². The predicted molar refractivity (Wildman–Crippen MR) is 91.7 cm³/mol. The predicted octanol–water partition coefficient (Wildman–Crippen LogP) is 3.17. The summed E-state index contributed by atoms with van der Waals surface area (Å²) in [6, 6.07) is -0.410. The zero-order valence-electron chi connectivity index (χ0n) is 14.7. The Morgan fingerprint density at radius 1 is 1.36 bits per heavy atom. The quantitative estimate of drug-likeness (QED) is 0.895. The summed E-state index contributed by atoms with van der Waals surface area (Å²) >= 11 is 5.81. The zero-order valence-corrected chi connectivity index (χ0v) is 15.4. The third-order valence-electron chi connectivity index (χ3n) is 3.54.